The van der Waals surface area contributed by atoms with Gasteiger partial charge in [0.2, 0.25) is 0 Å². The molecule has 2 aromatic rings. The van der Waals surface area contributed by atoms with Crippen LogP contribution in [0.4, 0.5) is 5.13 Å². The van der Waals surface area contributed by atoms with Crippen molar-refractivity contribution < 1.29 is 4.74 Å². The lowest BCUT2D eigenvalue weighted by Gasteiger charge is -2.04. The zero-order valence-electron chi connectivity index (χ0n) is 8.03. The Hall–Kier alpha value is -1.07. The molecule has 2 rings (SSSR count). The number of hydrogen-bond donors (Lipinski definition) is 1. The number of nitrogens with zero attached hydrogens (tertiary/aromatic N) is 1. The van der Waals surface area contributed by atoms with Gasteiger partial charge in [0.25, 0.3) is 0 Å². The van der Waals surface area contributed by atoms with Gasteiger partial charge in [0.05, 0.1) is 12.0 Å². The monoisotopic (exact) mass is 284 g/mol. The quantitative estimate of drug-likeness (QED) is 0.922. The van der Waals surface area contributed by atoms with E-state index in [0.29, 0.717) is 5.13 Å². The number of methoxy groups -OCH3 is 1. The number of hydrogen-bond acceptors (Lipinski definition) is 4. The first-order chi connectivity index (χ1) is 7.20. The minimum atomic E-state index is 0.569. The van der Waals surface area contributed by atoms with E-state index in [-0.39, 0.29) is 0 Å². The van der Waals surface area contributed by atoms with Crippen LogP contribution in [0.1, 0.15) is 0 Å². The third kappa shape index (κ3) is 2.13. The van der Waals surface area contributed by atoms with Gasteiger partial charge in [-0.2, -0.15) is 0 Å². The van der Waals surface area contributed by atoms with Crippen LogP contribution in [0.3, 0.4) is 0 Å². The summed E-state index contributed by atoms with van der Waals surface area (Å²) in [5.41, 5.74) is 6.64. The molecular formula is C10H9BrN2OS. The molecule has 0 spiro atoms. The summed E-state index contributed by atoms with van der Waals surface area (Å²) in [7, 11) is 1.65. The molecule has 0 amide bonds. The molecule has 2 N–H and O–H groups in total. The highest BCUT2D eigenvalue weighted by molar-refractivity contribution is 9.10. The van der Waals surface area contributed by atoms with Crippen molar-refractivity contribution in [2.24, 2.45) is 0 Å². The summed E-state index contributed by atoms with van der Waals surface area (Å²) < 4.78 is 6.18. The van der Waals surface area contributed by atoms with Gasteiger partial charge in [-0.25, -0.2) is 4.98 Å². The van der Waals surface area contributed by atoms with E-state index in [1.807, 2.05) is 18.2 Å². The first-order valence-electron chi connectivity index (χ1n) is 4.26. The summed E-state index contributed by atoms with van der Waals surface area (Å²) in [4.78, 5) is 5.05. The lowest BCUT2D eigenvalue weighted by molar-refractivity contribution is 0.415. The number of aromatic nitrogens is 1. The molecule has 0 unspecified atom stereocenters. The molecule has 0 saturated carbocycles. The van der Waals surface area contributed by atoms with Gasteiger partial charge in [-0.1, -0.05) is 27.3 Å². The standard InChI is InChI=1S/C10H9BrN2OS/c1-14-6-2-3-8(11)7(4-6)9-5-13-10(12)15-9/h2-5H,1H3,(H2,12,13). The molecule has 1 aromatic carbocycles. The molecular weight excluding hydrogens is 276 g/mol. The Labute approximate surface area is 100 Å². The molecule has 1 aromatic heterocycles. The maximum Gasteiger partial charge on any atom is 0.180 e. The van der Waals surface area contributed by atoms with Gasteiger partial charge in [0.1, 0.15) is 5.75 Å². The number of ether oxygens (including phenoxy) is 1. The molecule has 0 aliphatic heterocycles. The Morgan fingerprint density at radius 1 is 1.47 bits per heavy atom. The van der Waals surface area contributed by atoms with Crippen molar-refractivity contribution in [2.75, 3.05) is 12.8 Å². The van der Waals surface area contributed by atoms with E-state index in [2.05, 4.69) is 20.9 Å². The molecule has 0 radical (unpaired) electrons. The smallest absolute Gasteiger partial charge is 0.180 e. The van der Waals surface area contributed by atoms with Gasteiger partial charge in [-0.15, -0.1) is 0 Å². The molecule has 15 heavy (non-hydrogen) atoms. The molecule has 0 aliphatic carbocycles. The van der Waals surface area contributed by atoms with Crippen LogP contribution in [-0.4, -0.2) is 12.1 Å². The number of benzene rings is 1. The SMILES string of the molecule is COc1ccc(Br)c(-c2cnc(N)s2)c1. The molecule has 0 atom stereocenters. The van der Waals surface area contributed by atoms with Crippen molar-refractivity contribution in [1.29, 1.82) is 0 Å². The van der Waals surface area contributed by atoms with E-state index in [9.17, 15) is 0 Å². The summed E-state index contributed by atoms with van der Waals surface area (Å²) in [6.07, 6.45) is 1.76. The number of halogens is 1. The summed E-state index contributed by atoms with van der Waals surface area (Å²) in [6, 6.07) is 5.80. The Morgan fingerprint density at radius 3 is 2.87 bits per heavy atom. The molecule has 0 aliphatic rings. The normalized spacial score (nSPS) is 10.3. The zero-order chi connectivity index (χ0) is 10.8. The van der Waals surface area contributed by atoms with E-state index in [1.165, 1.54) is 11.3 Å². The Balaban J connectivity index is 2.51. The maximum atomic E-state index is 5.60. The molecule has 0 fully saturated rings. The van der Waals surface area contributed by atoms with Crippen LogP contribution >= 0.6 is 27.3 Å². The number of nitrogens with two attached hydrogens (primary N) is 1. The minimum absolute atomic E-state index is 0.569. The molecule has 5 heteroatoms. The van der Waals surface area contributed by atoms with E-state index in [0.717, 1.165) is 20.7 Å². The van der Waals surface area contributed by atoms with Crippen molar-refractivity contribution >= 4 is 32.4 Å². The predicted molar refractivity (Wildman–Crippen MR) is 66.2 cm³/mol. The Kier molecular flexibility index (Phi) is 2.93. The van der Waals surface area contributed by atoms with Crippen LogP contribution in [0.15, 0.2) is 28.9 Å². The molecule has 0 bridgehead atoms. The Bertz CT molecular complexity index is 484. The maximum absolute atomic E-state index is 5.60. The highest BCUT2D eigenvalue weighted by Gasteiger charge is 2.07. The summed E-state index contributed by atoms with van der Waals surface area (Å²) >= 11 is 4.94. The van der Waals surface area contributed by atoms with Gasteiger partial charge in [0, 0.05) is 16.2 Å². The molecule has 3 nitrogen and oxygen atoms in total. The summed E-state index contributed by atoms with van der Waals surface area (Å²) in [6.45, 7) is 0. The Morgan fingerprint density at radius 2 is 2.27 bits per heavy atom. The third-order valence-electron chi connectivity index (χ3n) is 1.96. The van der Waals surface area contributed by atoms with Crippen LogP contribution < -0.4 is 10.5 Å². The van der Waals surface area contributed by atoms with Crippen molar-refractivity contribution in [3.8, 4) is 16.2 Å². The van der Waals surface area contributed by atoms with Crippen molar-refractivity contribution in [3.63, 3.8) is 0 Å². The van der Waals surface area contributed by atoms with Crippen molar-refractivity contribution in [3.05, 3.63) is 28.9 Å². The lowest BCUT2D eigenvalue weighted by atomic mass is 10.2. The van der Waals surface area contributed by atoms with E-state index >= 15 is 0 Å². The first-order valence-corrected chi connectivity index (χ1v) is 5.87. The number of anilines is 1. The van der Waals surface area contributed by atoms with Crippen LogP contribution in [0, 0.1) is 0 Å². The number of rotatable bonds is 2. The fourth-order valence-corrected chi connectivity index (χ4v) is 2.54. The van der Waals surface area contributed by atoms with Crippen LogP contribution in [0.25, 0.3) is 10.4 Å². The van der Waals surface area contributed by atoms with Gasteiger partial charge in [0.15, 0.2) is 5.13 Å². The van der Waals surface area contributed by atoms with Gasteiger partial charge in [-0.3, -0.25) is 0 Å². The zero-order valence-corrected chi connectivity index (χ0v) is 10.4. The molecule has 0 saturated heterocycles. The van der Waals surface area contributed by atoms with Crippen LogP contribution in [0.5, 0.6) is 5.75 Å². The van der Waals surface area contributed by atoms with E-state index in [1.54, 1.807) is 13.3 Å². The van der Waals surface area contributed by atoms with Gasteiger partial charge in [-0.05, 0) is 18.2 Å². The fourth-order valence-electron chi connectivity index (χ4n) is 1.23. The van der Waals surface area contributed by atoms with E-state index in [4.69, 9.17) is 10.5 Å². The van der Waals surface area contributed by atoms with Crippen molar-refractivity contribution in [1.82, 2.24) is 4.98 Å². The number of thiazole rings is 1. The predicted octanol–water partition coefficient (Wildman–Crippen LogP) is 3.16. The van der Waals surface area contributed by atoms with Crippen LogP contribution in [-0.2, 0) is 0 Å². The van der Waals surface area contributed by atoms with Crippen LogP contribution in [0.2, 0.25) is 0 Å². The average molecular weight is 285 g/mol. The number of nitrogen functional groups attached to an aromatic ring is 1. The third-order valence-corrected chi connectivity index (χ3v) is 3.51. The van der Waals surface area contributed by atoms with Gasteiger partial charge >= 0.3 is 0 Å². The molecule has 1 heterocycles. The minimum Gasteiger partial charge on any atom is -0.497 e. The average Bonchev–Trinajstić information content (AvgIpc) is 2.65. The second kappa shape index (κ2) is 4.20. The fraction of sp³-hybridized carbons (Fsp3) is 0.100. The largest absolute Gasteiger partial charge is 0.497 e. The van der Waals surface area contributed by atoms with E-state index < -0.39 is 0 Å². The first kappa shape index (κ1) is 10.4. The summed E-state index contributed by atoms with van der Waals surface area (Å²) in [5, 5.41) is 0.569. The summed E-state index contributed by atoms with van der Waals surface area (Å²) in [5.74, 6) is 0.820. The topological polar surface area (TPSA) is 48.1 Å². The van der Waals surface area contributed by atoms with Gasteiger partial charge < -0.3 is 10.5 Å². The second-order valence-electron chi connectivity index (χ2n) is 2.91. The highest BCUT2D eigenvalue weighted by Crippen LogP contribution is 2.35. The van der Waals surface area contributed by atoms with Crippen molar-refractivity contribution in [2.45, 2.75) is 0 Å². The molecule has 78 valence electrons. The lowest BCUT2D eigenvalue weighted by Crippen LogP contribution is -1.83. The highest BCUT2D eigenvalue weighted by atomic mass is 79.9. The second-order valence-corrected chi connectivity index (χ2v) is 4.83.